The summed E-state index contributed by atoms with van der Waals surface area (Å²) in [4.78, 5) is 24.3. The van der Waals surface area contributed by atoms with Crippen molar-refractivity contribution in [3.05, 3.63) is 27.6 Å². The van der Waals surface area contributed by atoms with Gasteiger partial charge in [0.1, 0.15) is 16.5 Å². The zero-order valence-electron chi connectivity index (χ0n) is 14.2. The van der Waals surface area contributed by atoms with E-state index in [9.17, 15) is 4.79 Å². The number of nitrogens with two attached hydrogens (primary N) is 2. The fourth-order valence-electron chi connectivity index (χ4n) is 2.80. The molecule has 0 saturated carbocycles. The SMILES string of the molecule is CC1CCN(c2nc(N)c(Sc3ccnc(N)c3Cl)c(=O)n2C)CC1. The van der Waals surface area contributed by atoms with Crippen molar-refractivity contribution in [2.45, 2.75) is 29.6 Å². The Bertz CT molecular complexity index is 847. The normalized spacial score (nSPS) is 15.6. The van der Waals surface area contributed by atoms with Crippen LogP contribution in [0.25, 0.3) is 0 Å². The molecule has 134 valence electrons. The second kappa shape index (κ2) is 7.13. The monoisotopic (exact) mass is 380 g/mol. The van der Waals surface area contributed by atoms with E-state index in [-0.39, 0.29) is 17.2 Å². The Morgan fingerprint density at radius 3 is 2.64 bits per heavy atom. The van der Waals surface area contributed by atoms with E-state index in [4.69, 9.17) is 23.1 Å². The molecule has 2 aromatic heterocycles. The maximum atomic E-state index is 12.8. The highest BCUT2D eigenvalue weighted by molar-refractivity contribution is 7.99. The Morgan fingerprint density at radius 2 is 1.96 bits per heavy atom. The lowest BCUT2D eigenvalue weighted by Crippen LogP contribution is -2.38. The summed E-state index contributed by atoms with van der Waals surface area (Å²) in [5, 5.41) is 0.308. The van der Waals surface area contributed by atoms with Gasteiger partial charge in [0.15, 0.2) is 0 Å². The van der Waals surface area contributed by atoms with Gasteiger partial charge >= 0.3 is 0 Å². The third-order valence-corrected chi connectivity index (χ3v) is 6.07. The van der Waals surface area contributed by atoms with Crippen molar-refractivity contribution in [3.8, 4) is 0 Å². The van der Waals surface area contributed by atoms with Crippen molar-refractivity contribution in [2.24, 2.45) is 13.0 Å². The largest absolute Gasteiger partial charge is 0.382 e. The van der Waals surface area contributed by atoms with Crippen LogP contribution >= 0.6 is 23.4 Å². The summed E-state index contributed by atoms with van der Waals surface area (Å²) in [5.41, 5.74) is 11.6. The molecule has 2 aromatic rings. The zero-order chi connectivity index (χ0) is 18.1. The first-order valence-corrected chi connectivity index (χ1v) is 9.27. The van der Waals surface area contributed by atoms with Gasteiger partial charge in [0.05, 0.1) is 5.02 Å². The number of hydrogen-bond acceptors (Lipinski definition) is 7. The molecule has 4 N–H and O–H groups in total. The van der Waals surface area contributed by atoms with Crippen LogP contribution in [0.4, 0.5) is 17.6 Å². The summed E-state index contributed by atoms with van der Waals surface area (Å²) >= 11 is 7.33. The maximum absolute atomic E-state index is 12.8. The predicted octanol–water partition coefficient (Wildman–Crippen LogP) is 2.38. The molecule has 0 aromatic carbocycles. The molecule has 1 aliphatic heterocycles. The molecule has 1 fully saturated rings. The van der Waals surface area contributed by atoms with Gasteiger partial charge in [-0.15, -0.1) is 0 Å². The van der Waals surface area contributed by atoms with Gasteiger partial charge in [0, 0.05) is 31.2 Å². The Balaban J connectivity index is 1.96. The molecule has 0 radical (unpaired) electrons. The predicted molar refractivity (Wildman–Crippen MR) is 102 cm³/mol. The first kappa shape index (κ1) is 17.9. The Kier molecular flexibility index (Phi) is 5.10. The van der Waals surface area contributed by atoms with Gasteiger partial charge in [0.2, 0.25) is 5.95 Å². The number of piperidine rings is 1. The highest BCUT2D eigenvalue weighted by Crippen LogP contribution is 2.36. The zero-order valence-corrected chi connectivity index (χ0v) is 15.8. The second-order valence-electron chi connectivity index (χ2n) is 6.27. The topological polar surface area (TPSA) is 103 Å². The van der Waals surface area contributed by atoms with Crippen molar-refractivity contribution in [1.82, 2.24) is 14.5 Å². The van der Waals surface area contributed by atoms with Crippen LogP contribution in [0.1, 0.15) is 19.8 Å². The Labute approximate surface area is 155 Å². The van der Waals surface area contributed by atoms with Crippen LogP contribution in [0.3, 0.4) is 0 Å². The molecule has 0 unspecified atom stereocenters. The highest BCUT2D eigenvalue weighted by atomic mass is 35.5. The number of aromatic nitrogens is 3. The molecule has 0 aliphatic carbocycles. The smallest absolute Gasteiger partial charge is 0.270 e. The van der Waals surface area contributed by atoms with Crippen LogP contribution in [0.15, 0.2) is 26.8 Å². The maximum Gasteiger partial charge on any atom is 0.270 e. The van der Waals surface area contributed by atoms with Gasteiger partial charge in [0.25, 0.3) is 5.56 Å². The third-order valence-electron chi connectivity index (χ3n) is 4.41. The molecule has 3 heterocycles. The van der Waals surface area contributed by atoms with E-state index >= 15 is 0 Å². The fourth-order valence-corrected chi connectivity index (χ4v) is 3.95. The molecule has 0 spiro atoms. The number of anilines is 3. The fraction of sp³-hybridized carbons (Fsp3) is 0.438. The van der Waals surface area contributed by atoms with E-state index in [0.29, 0.717) is 26.7 Å². The number of hydrogen-bond donors (Lipinski definition) is 2. The summed E-state index contributed by atoms with van der Waals surface area (Å²) in [6.45, 7) is 3.99. The van der Waals surface area contributed by atoms with Crippen LogP contribution in [0.2, 0.25) is 5.02 Å². The van der Waals surface area contributed by atoms with E-state index in [0.717, 1.165) is 37.7 Å². The average Bonchev–Trinajstić information content (AvgIpc) is 2.59. The van der Waals surface area contributed by atoms with Crippen LogP contribution in [-0.4, -0.2) is 27.6 Å². The van der Waals surface area contributed by atoms with Gasteiger partial charge in [-0.25, -0.2) is 4.98 Å². The van der Waals surface area contributed by atoms with Crippen LogP contribution < -0.4 is 21.9 Å². The number of rotatable bonds is 3. The second-order valence-corrected chi connectivity index (χ2v) is 7.70. The van der Waals surface area contributed by atoms with Crippen molar-refractivity contribution in [1.29, 1.82) is 0 Å². The minimum absolute atomic E-state index is 0.197. The molecule has 3 rings (SSSR count). The molecule has 25 heavy (non-hydrogen) atoms. The minimum atomic E-state index is -0.197. The summed E-state index contributed by atoms with van der Waals surface area (Å²) in [6, 6.07) is 1.70. The van der Waals surface area contributed by atoms with Crippen LogP contribution in [-0.2, 0) is 7.05 Å². The lowest BCUT2D eigenvalue weighted by atomic mass is 10.00. The van der Waals surface area contributed by atoms with Gasteiger partial charge in [-0.1, -0.05) is 30.3 Å². The van der Waals surface area contributed by atoms with Gasteiger partial charge < -0.3 is 16.4 Å². The number of halogens is 1. The molecule has 0 amide bonds. The molecule has 9 heteroatoms. The lowest BCUT2D eigenvalue weighted by Gasteiger charge is -2.32. The van der Waals surface area contributed by atoms with Gasteiger partial charge in [-0.2, -0.15) is 4.98 Å². The van der Waals surface area contributed by atoms with Crippen LogP contribution in [0.5, 0.6) is 0 Å². The molecular weight excluding hydrogens is 360 g/mol. The van der Waals surface area contributed by atoms with Crippen LogP contribution in [0, 0.1) is 5.92 Å². The van der Waals surface area contributed by atoms with Gasteiger partial charge in [-0.05, 0) is 24.8 Å². The van der Waals surface area contributed by atoms with Crippen molar-refractivity contribution >= 4 is 40.9 Å². The van der Waals surface area contributed by atoms with Crippen molar-refractivity contribution in [3.63, 3.8) is 0 Å². The van der Waals surface area contributed by atoms with E-state index in [1.165, 1.54) is 0 Å². The molecule has 0 bridgehead atoms. The van der Waals surface area contributed by atoms with E-state index in [1.54, 1.807) is 23.9 Å². The number of nitrogen functional groups attached to an aromatic ring is 2. The first-order valence-electron chi connectivity index (χ1n) is 8.07. The number of nitrogens with zero attached hydrogens (tertiary/aromatic N) is 4. The molecular formula is C16H21ClN6OS. The van der Waals surface area contributed by atoms with E-state index in [1.807, 2.05) is 0 Å². The highest BCUT2D eigenvalue weighted by Gasteiger charge is 2.22. The quantitative estimate of drug-likeness (QED) is 0.842. The third kappa shape index (κ3) is 3.55. The van der Waals surface area contributed by atoms with Crippen molar-refractivity contribution < 1.29 is 0 Å². The molecule has 0 atom stereocenters. The Morgan fingerprint density at radius 1 is 1.28 bits per heavy atom. The standard InChI is InChI=1S/C16H21ClN6OS/c1-9-4-7-23(8-5-9)16-21-14(19)12(15(24)22(16)2)25-10-3-6-20-13(18)11(10)17/h3,6,9H,4-5,7-8,19H2,1-2H3,(H2,18,20). The molecule has 7 nitrogen and oxygen atoms in total. The molecule has 1 saturated heterocycles. The molecule has 1 aliphatic rings. The summed E-state index contributed by atoms with van der Waals surface area (Å²) in [7, 11) is 1.72. The van der Waals surface area contributed by atoms with E-state index < -0.39 is 0 Å². The number of pyridine rings is 1. The average molecular weight is 381 g/mol. The summed E-state index contributed by atoms with van der Waals surface area (Å²) in [6.07, 6.45) is 3.71. The first-order chi connectivity index (χ1) is 11.9. The summed E-state index contributed by atoms with van der Waals surface area (Å²) in [5.74, 6) is 1.72. The van der Waals surface area contributed by atoms with Crippen molar-refractivity contribution in [2.75, 3.05) is 29.5 Å². The summed E-state index contributed by atoms with van der Waals surface area (Å²) < 4.78 is 1.55. The minimum Gasteiger partial charge on any atom is -0.382 e. The van der Waals surface area contributed by atoms with Gasteiger partial charge in [-0.3, -0.25) is 9.36 Å². The Hall–Kier alpha value is -1.93. The van der Waals surface area contributed by atoms with E-state index in [2.05, 4.69) is 21.8 Å². The lowest BCUT2D eigenvalue weighted by molar-refractivity contribution is 0.430.